The molecule has 0 aliphatic heterocycles. The largest absolute Gasteiger partial charge is 0.345 e. The molecule has 2 amide bonds. The third kappa shape index (κ3) is 4.06. The van der Waals surface area contributed by atoms with Crippen molar-refractivity contribution in [3.05, 3.63) is 65.7 Å². The van der Waals surface area contributed by atoms with Gasteiger partial charge in [0.25, 0.3) is 11.8 Å². The minimum absolute atomic E-state index is 0.117. The van der Waals surface area contributed by atoms with Crippen molar-refractivity contribution >= 4 is 17.5 Å². The number of rotatable bonds is 5. The van der Waals surface area contributed by atoms with Crippen LogP contribution in [0, 0.1) is 0 Å². The van der Waals surface area contributed by atoms with Gasteiger partial charge in [-0.05, 0) is 49.2 Å². The standard InChI is InChI=1S/C20H23N3O2/c21-14-20(12-4-5-13-20)23-19(25)16-8-10-17(11-9-16)22-18(24)15-6-2-1-3-7-15/h1-3,6-11H,4-5,12-14,21H2,(H,22,24)(H,23,25). The Kier molecular flexibility index (Phi) is 5.14. The van der Waals surface area contributed by atoms with Gasteiger partial charge in [0.1, 0.15) is 0 Å². The van der Waals surface area contributed by atoms with E-state index in [0.29, 0.717) is 23.4 Å². The van der Waals surface area contributed by atoms with Crippen molar-refractivity contribution in [2.75, 3.05) is 11.9 Å². The Labute approximate surface area is 147 Å². The number of amides is 2. The van der Waals surface area contributed by atoms with Crippen LogP contribution < -0.4 is 16.4 Å². The van der Waals surface area contributed by atoms with Gasteiger partial charge in [-0.15, -0.1) is 0 Å². The van der Waals surface area contributed by atoms with Gasteiger partial charge in [0, 0.05) is 23.4 Å². The van der Waals surface area contributed by atoms with Crippen LogP contribution in [0.1, 0.15) is 46.4 Å². The van der Waals surface area contributed by atoms with Gasteiger partial charge in [0.2, 0.25) is 0 Å². The van der Waals surface area contributed by atoms with E-state index in [1.54, 1.807) is 36.4 Å². The smallest absolute Gasteiger partial charge is 0.255 e. The number of nitrogens with one attached hydrogen (secondary N) is 2. The summed E-state index contributed by atoms with van der Waals surface area (Å²) in [7, 11) is 0. The summed E-state index contributed by atoms with van der Waals surface area (Å²) in [6.45, 7) is 0.462. The molecule has 0 aromatic heterocycles. The Bertz CT molecular complexity index is 735. The molecule has 1 saturated carbocycles. The quantitative estimate of drug-likeness (QED) is 0.784. The first-order valence-electron chi connectivity index (χ1n) is 8.61. The molecule has 0 bridgehead atoms. The molecule has 5 nitrogen and oxygen atoms in total. The van der Waals surface area contributed by atoms with E-state index in [1.165, 1.54) is 0 Å². The molecule has 0 unspecified atom stereocenters. The van der Waals surface area contributed by atoms with Crippen LogP contribution >= 0.6 is 0 Å². The molecular formula is C20H23N3O2. The summed E-state index contributed by atoms with van der Waals surface area (Å²) < 4.78 is 0. The Balaban J connectivity index is 1.64. The molecule has 0 radical (unpaired) electrons. The van der Waals surface area contributed by atoms with Crippen molar-refractivity contribution in [2.24, 2.45) is 5.73 Å². The van der Waals surface area contributed by atoms with E-state index in [-0.39, 0.29) is 17.4 Å². The van der Waals surface area contributed by atoms with Crippen LogP contribution in [-0.4, -0.2) is 23.9 Å². The van der Waals surface area contributed by atoms with Gasteiger partial charge < -0.3 is 16.4 Å². The lowest BCUT2D eigenvalue weighted by Gasteiger charge is -2.28. The molecule has 1 fully saturated rings. The van der Waals surface area contributed by atoms with Crippen molar-refractivity contribution < 1.29 is 9.59 Å². The highest BCUT2D eigenvalue weighted by Crippen LogP contribution is 2.29. The van der Waals surface area contributed by atoms with Gasteiger partial charge >= 0.3 is 0 Å². The molecule has 25 heavy (non-hydrogen) atoms. The molecule has 1 aliphatic rings. The summed E-state index contributed by atoms with van der Waals surface area (Å²) in [5.74, 6) is -0.292. The van der Waals surface area contributed by atoms with Gasteiger partial charge in [-0.1, -0.05) is 31.0 Å². The Morgan fingerprint density at radius 1 is 0.880 bits per heavy atom. The lowest BCUT2D eigenvalue weighted by atomic mass is 9.97. The summed E-state index contributed by atoms with van der Waals surface area (Å²) in [6.07, 6.45) is 4.06. The molecule has 3 rings (SSSR count). The van der Waals surface area contributed by atoms with Crippen molar-refractivity contribution in [3.63, 3.8) is 0 Å². The van der Waals surface area contributed by atoms with E-state index in [4.69, 9.17) is 5.73 Å². The molecule has 2 aromatic carbocycles. The monoisotopic (exact) mass is 337 g/mol. The molecule has 0 saturated heterocycles. The van der Waals surface area contributed by atoms with Crippen LogP contribution in [0.2, 0.25) is 0 Å². The number of hydrogen-bond donors (Lipinski definition) is 3. The van der Waals surface area contributed by atoms with E-state index >= 15 is 0 Å². The molecule has 1 aliphatic carbocycles. The zero-order chi connectivity index (χ0) is 17.7. The van der Waals surface area contributed by atoms with Crippen molar-refractivity contribution in [3.8, 4) is 0 Å². The molecule has 2 aromatic rings. The van der Waals surface area contributed by atoms with Gasteiger partial charge in [0.15, 0.2) is 0 Å². The number of nitrogens with two attached hydrogens (primary N) is 1. The summed E-state index contributed by atoms with van der Waals surface area (Å²) in [6, 6.07) is 15.9. The average Bonchev–Trinajstić information content (AvgIpc) is 3.12. The van der Waals surface area contributed by atoms with Crippen LogP contribution in [-0.2, 0) is 0 Å². The molecule has 5 heteroatoms. The molecule has 130 valence electrons. The fourth-order valence-electron chi connectivity index (χ4n) is 3.24. The second kappa shape index (κ2) is 7.49. The normalized spacial score (nSPS) is 15.6. The molecule has 4 N–H and O–H groups in total. The van der Waals surface area contributed by atoms with E-state index in [2.05, 4.69) is 10.6 Å². The van der Waals surface area contributed by atoms with E-state index in [9.17, 15) is 9.59 Å². The second-order valence-electron chi connectivity index (χ2n) is 6.54. The highest BCUT2D eigenvalue weighted by molar-refractivity contribution is 6.04. The summed E-state index contributed by atoms with van der Waals surface area (Å²) in [4.78, 5) is 24.6. The zero-order valence-corrected chi connectivity index (χ0v) is 14.1. The summed E-state index contributed by atoms with van der Waals surface area (Å²) in [5.41, 5.74) is 7.41. The Morgan fingerprint density at radius 2 is 1.48 bits per heavy atom. The van der Waals surface area contributed by atoms with Crippen LogP contribution in [0.3, 0.4) is 0 Å². The molecule has 0 heterocycles. The number of anilines is 1. The first-order chi connectivity index (χ1) is 12.1. The Hall–Kier alpha value is -2.66. The minimum Gasteiger partial charge on any atom is -0.345 e. The van der Waals surface area contributed by atoms with Crippen LogP contribution in [0.4, 0.5) is 5.69 Å². The molecular weight excluding hydrogens is 314 g/mol. The van der Waals surface area contributed by atoms with E-state index in [0.717, 1.165) is 25.7 Å². The predicted molar refractivity (Wildman–Crippen MR) is 98.6 cm³/mol. The third-order valence-corrected chi connectivity index (χ3v) is 4.77. The number of carbonyl (C=O) groups excluding carboxylic acids is 2. The summed E-state index contributed by atoms with van der Waals surface area (Å²) >= 11 is 0. The van der Waals surface area contributed by atoms with E-state index in [1.807, 2.05) is 18.2 Å². The lowest BCUT2D eigenvalue weighted by Crippen LogP contribution is -2.51. The SMILES string of the molecule is NCC1(NC(=O)c2ccc(NC(=O)c3ccccc3)cc2)CCCC1. The number of benzene rings is 2. The zero-order valence-electron chi connectivity index (χ0n) is 14.1. The van der Waals surface area contributed by atoms with Crippen molar-refractivity contribution in [1.29, 1.82) is 0 Å². The van der Waals surface area contributed by atoms with Crippen LogP contribution in [0.25, 0.3) is 0 Å². The number of carbonyl (C=O) groups is 2. The van der Waals surface area contributed by atoms with Gasteiger partial charge in [-0.25, -0.2) is 0 Å². The fourth-order valence-corrected chi connectivity index (χ4v) is 3.24. The van der Waals surface area contributed by atoms with Crippen LogP contribution in [0.15, 0.2) is 54.6 Å². The summed E-state index contributed by atoms with van der Waals surface area (Å²) in [5, 5.41) is 5.92. The number of hydrogen-bond acceptors (Lipinski definition) is 3. The maximum absolute atomic E-state index is 12.5. The van der Waals surface area contributed by atoms with Gasteiger partial charge in [-0.2, -0.15) is 0 Å². The molecule has 0 atom stereocenters. The Morgan fingerprint density at radius 3 is 2.08 bits per heavy atom. The highest BCUT2D eigenvalue weighted by Gasteiger charge is 2.34. The van der Waals surface area contributed by atoms with E-state index < -0.39 is 0 Å². The van der Waals surface area contributed by atoms with Crippen molar-refractivity contribution in [1.82, 2.24) is 5.32 Å². The predicted octanol–water partition coefficient (Wildman–Crippen LogP) is 2.94. The fraction of sp³-hybridized carbons (Fsp3) is 0.300. The maximum Gasteiger partial charge on any atom is 0.255 e. The first kappa shape index (κ1) is 17.2. The highest BCUT2D eigenvalue weighted by atomic mass is 16.2. The van der Waals surface area contributed by atoms with Gasteiger partial charge in [0.05, 0.1) is 5.54 Å². The minimum atomic E-state index is -0.267. The van der Waals surface area contributed by atoms with Crippen molar-refractivity contribution in [2.45, 2.75) is 31.2 Å². The second-order valence-corrected chi connectivity index (χ2v) is 6.54. The van der Waals surface area contributed by atoms with Gasteiger partial charge in [-0.3, -0.25) is 9.59 Å². The average molecular weight is 337 g/mol. The third-order valence-electron chi connectivity index (χ3n) is 4.77. The molecule has 0 spiro atoms. The maximum atomic E-state index is 12.5. The first-order valence-corrected chi connectivity index (χ1v) is 8.61. The van der Waals surface area contributed by atoms with Crippen LogP contribution in [0.5, 0.6) is 0 Å². The lowest BCUT2D eigenvalue weighted by molar-refractivity contribution is 0.0902. The topological polar surface area (TPSA) is 84.2 Å².